The van der Waals surface area contributed by atoms with E-state index in [1.54, 1.807) is 9.80 Å². The van der Waals surface area contributed by atoms with Crippen molar-refractivity contribution >= 4 is 11.8 Å². The standard InChI is InChI=1S/C13H26N2O2/c1-5-9-11-15(10-6-2)13(17)12(16)14(7-3)8-4/h5-11H2,1-4H3. The summed E-state index contributed by atoms with van der Waals surface area (Å²) in [6, 6.07) is 0. The molecule has 0 aromatic rings. The Morgan fingerprint density at radius 3 is 1.71 bits per heavy atom. The molecular formula is C13H26N2O2. The van der Waals surface area contributed by atoms with Crippen LogP contribution in [0.5, 0.6) is 0 Å². The summed E-state index contributed by atoms with van der Waals surface area (Å²) < 4.78 is 0. The van der Waals surface area contributed by atoms with Crippen molar-refractivity contribution in [2.24, 2.45) is 0 Å². The predicted molar refractivity (Wildman–Crippen MR) is 69.7 cm³/mol. The van der Waals surface area contributed by atoms with Crippen LogP contribution in [-0.2, 0) is 9.59 Å². The smallest absolute Gasteiger partial charge is 0.312 e. The molecule has 0 atom stereocenters. The first kappa shape index (κ1) is 15.9. The zero-order chi connectivity index (χ0) is 13.3. The second-order valence-corrected chi connectivity index (χ2v) is 4.12. The molecule has 0 aliphatic carbocycles. The first-order valence-electron chi connectivity index (χ1n) is 6.70. The molecular weight excluding hydrogens is 216 g/mol. The summed E-state index contributed by atoms with van der Waals surface area (Å²) in [6.45, 7) is 10.4. The SMILES string of the molecule is CCCCN(CCC)C(=O)C(=O)N(CC)CC. The number of carbonyl (C=O) groups is 2. The number of nitrogens with zero attached hydrogens (tertiary/aromatic N) is 2. The molecule has 4 heteroatoms. The van der Waals surface area contributed by atoms with Crippen molar-refractivity contribution in [3.05, 3.63) is 0 Å². The van der Waals surface area contributed by atoms with Gasteiger partial charge in [0, 0.05) is 26.2 Å². The van der Waals surface area contributed by atoms with Gasteiger partial charge in [0.1, 0.15) is 0 Å². The van der Waals surface area contributed by atoms with Crippen LogP contribution >= 0.6 is 0 Å². The fraction of sp³-hybridized carbons (Fsp3) is 0.846. The number of amides is 2. The van der Waals surface area contributed by atoms with Crippen LogP contribution in [0.15, 0.2) is 0 Å². The first-order valence-corrected chi connectivity index (χ1v) is 6.70. The zero-order valence-electron chi connectivity index (χ0n) is 11.7. The van der Waals surface area contributed by atoms with E-state index in [4.69, 9.17) is 0 Å². The Morgan fingerprint density at radius 2 is 1.29 bits per heavy atom. The molecule has 0 aliphatic rings. The molecule has 0 N–H and O–H groups in total. The van der Waals surface area contributed by atoms with Crippen LogP contribution in [-0.4, -0.2) is 47.8 Å². The lowest BCUT2D eigenvalue weighted by atomic mass is 10.3. The largest absolute Gasteiger partial charge is 0.335 e. The maximum absolute atomic E-state index is 12.0. The molecule has 0 aromatic carbocycles. The Bertz CT molecular complexity index is 238. The van der Waals surface area contributed by atoms with Gasteiger partial charge in [-0.3, -0.25) is 9.59 Å². The lowest BCUT2D eigenvalue weighted by Gasteiger charge is -2.25. The minimum atomic E-state index is -0.362. The van der Waals surface area contributed by atoms with Gasteiger partial charge < -0.3 is 9.80 Å². The molecule has 0 bridgehead atoms. The third-order valence-corrected chi connectivity index (χ3v) is 2.80. The van der Waals surface area contributed by atoms with E-state index in [1.165, 1.54) is 0 Å². The molecule has 0 saturated carbocycles. The van der Waals surface area contributed by atoms with Crippen molar-refractivity contribution in [2.45, 2.75) is 47.0 Å². The highest BCUT2D eigenvalue weighted by atomic mass is 16.2. The van der Waals surface area contributed by atoms with Crippen molar-refractivity contribution in [1.29, 1.82) is 0 Å². The van der Waals surface area contributed by atoms with E-state index < -0.39 is 0 Å². The molecule has 0 unspecified atom stereocenters. The molecule has 0 rings (SSSR count). The quantitative estimate of drug-likeness (QED) is 0.640. The van der Waals surface area contributed by atoms with Crippen LogP contribution in [0.25, 0.3) is 0 Å². The Kier molecular flexibility index (Phi) is 8.46. The minimum Gasteiger partial charge on any atom is -0.335 e. The topological polar surface area (TPSA) is 40.6 Å². The van der Waals surface area contributed by atoms with Gasteiger partial charge in [-0.1, -0.05) is 20.3 Å². The highest BCUT2D eigenvalue weighted by Crippen LogP contribution is 2.01. The highest BCUT2D eigenvalue weighted by molar-refractivity contribution is 6.34. The van der Waals surface area contributed by atoms with Gasteiger partial charge in [0.2, 0.25) is 0 Å². The highest BCUT2D eigenvalue weighted by Gasteiger charge is 2.24. The molecule has 2 amide bonds. The maximum atomic E-state index is 12.0. The van der Waals surface area contributed by atoms with E-state index in [-0.39, 0.29) is 11.8 Å². The van der Waals surface area contributed by atoms with E-state index in [0.717, 1.165) is 19.3 Å². The van der Waals surface area contributed by atoms with E-state index in [9.17, 15) is 9.59 Å². The average Bonchev–Trinajstić information content (AvgIpc) is 2.35. The van der Waals surface area contributed by atoms with E-state index >= 15 is 0 Å². The summed E-state index contributed by atoms with van der Waals surface area (Å²) >= 11 is 0. The van der Waals surface area contributed by atoms with Gasteiger partial charge in [0.05, 0.1) is 0 Å². The van der Waals surface area contributed by atoms with Crippen LogP contribution in [0.3, 0.4) is 0 Å². The Morgan fingerprint density at radius 1 is 0.765 bits per heavy atom. The van der Waals surface area contributed by atoms with Gasteiger partial charge in [-0.2, -0.15) is 0 Å². The Hall–Kier alpha value is -1.06. The molecule has 17 heavy (non-hydrogen) atoms. The molecule has 0 aliphatic heterocycles. The lowest BCUT2D eigenvalue weighted by molar-refractivity contribution is -0.151. The lowest BCUT2D eigenvalue weighted by Crippen LogP contribution is -2.45. The van der Waals surface area contributed by atoms with Gasteiger partial charge >= 0.3 is 11.8 Å². The minimum absolute atomic E-state index is 0.344. The molecule has 4 nitrogen and oxygen atoms in total. The van der Waals surface area contributed by atoms with Crippen molar-refractivity contribution in [2.75, 3.05) is 26.2 Å². The van der Waals surface area contributed by atoms with Gasteiger partial charge in [-0.25, -0.2) is 0 Å². The van der Waals surface area contributed by atoms with Crippen molar-refractivity contribution in [3.63, 3.8) is 0 Å². The predicted octanol–water partition coefficient (Wildman–Crippen LogP) is 1.89. The normalized spacial score (nSPS) is 10.1. The molecule has 0 radical (unpaired) electrons. The van der Waals surface area contributed by atoms with Gasteiger partial charge in [-0.15, -0.1) is 0 Å². The monoisotopic (exact) mass is 242 g/mol. The van der Waals surface area contributed by atoms with Crippen LogP contribution in [0, 0.1) is 0 Å². The van der Waals surface area contributed by atoms with E-state index in [1.807, 2.05) is 20.8 Å². The summed E-state index contributed by atoms with van der Waals surface area (Å²) in [5, 5.41) is 0. The van der Waals surface area contributed by atoms with Crippen molar-refractivity contribution < 1.29 is 9.59 Å². The maximum Gasteiger partial charge on any atom is 0.312 e. The summed E-state index contributed by atoms with van der Waals surface area (Å²) in [5.41, 5.74) is 0. The summed E-state index contributed by atoms with van der Waals surface area (Å²) in [6.07, 6.45) is 2.88. The summed E-state index contributed by atoms with van der Waals surface area (Å²) in [7, 11) is 0. The molecule has 100 valence electrons. The van der Waals surface area contributed by atoms with E-state index in [2.05, 4.69) is 6.92 Å². The fourth-order valence-electron chi connectivity index (χ4n) is 1.72. The molecule has 0 spiro atoms. The Labute approximate surface area is 105 Å². The Balaban J connectivity index is 4.52. The molecule has 0 fully saturated rings. The number of unbranched alkanes of at least 4 members (excludes halogenated alkanes) is 1. The summed E-state index contributed by atoms with van der Waals surface area (Å²) in [4.78, 5) is 27.2. The second kappa shape index (κ2) is 9.02. The molecule has 0 heterocycles. The van der Waals surface area contributed by atoms with Crippen molar-refractivity contribution in [1.82, 2.24) is 9.80 Å². The van der Waals surface area contributed by atoms with Gasteiger partial charge in [-0.05, 0) is 26.7 Å². The number of hydrogen-bond acceptors (Lipinski definition) is 2. The number of carbonyl (C=O) groups excluding carboxylic acids is 2. The molecule has 0 aromatic heterocycles. The van der Waals surface area contributed by atoms with Gasteiger partial charge in [0.15, 0.2) is 0 Å². The third kappa shape index (κ3) is 5.20. The third-order valence-electron chi connectivity index (χ3n) is 2.80. The fourth-order valence-corrected chi connectivity index (χ4v) is 1.72. The van der Waals surface area contributed by atoms with Gasteiger partial charge in [0.25, 0.3) is 0 Å². The zero-order valence-corrected chi connectivity index (χ0v) is 11.7. The van der Waals surface area contributed by atoms with Crippen LogP contribution in [0.1, 0.15) is 47.0 Å². The first-order chi connectivity index (χ1) is 8.12. The number of rotatable bonds is 7. The van der Waals surface area contributed by atoms with Crippen LogP contribution in [0.4, 0.5) is 0 Å². The number of likely N-dealkylation sites (N-methyl/N-ethyl adjacent to an activating group) is 1. The summed E-state index contributed by atoms with van der Waals surface area (Å²) in [5.74, 6) is -0.705. The molecule has 0 saturated heterocycles. The van der Waals surface area contributed by atoms with Crippen LogP contribution < -0.4 is 0 Å². The van der Waals surface area contributed by atoms with E-state index in [0.29, 0.717) is 26.2 Å². The number of hydrogen-bond donors (Lipinski definition) is 0. The average molecular weight is 242 g/mol. The van der Waals surface area contributed by atoms with Crippen LogP contribution in [0.2, 0.25) is 0 Å². The van der Waals surface area contributed by atoms with Crippen molar-refractivity contribution in [3.8, 4) is 0 Å². The second-order valence-electron chi connectivity index (χ2n) is 4.12.